The normalized spacial score (nSPS) is 11.3. The third-order valence-electron chi connectivity index (χ3n) is 3.47. The van der Waals surface area contributed by atoms with E-state index < -0.39 is 0 Å². The molecule has 2 aromatic rings. The van der Waals surface area contributed by atoms with Crippen molar-refractivity contribution in [2.75, 3.05) is 19.8 Å². The van der Waals surface area contributed by atoms with Gasteiger partial charge in [0.15, 0.2) is 5.75 Å². The number of rotatable bonds is 10. The largest absolute Gasteiger partial charge is 0.490 e. The second-order valence-electron chi connectivity index (χ2n) is 7.22. The average molecular weight is 507 g/mol. The molecule has 0 aliphatic carbocycles. The van der Waals surface area contributed by atoms with Crippen LogP contribution in [0.4, 0.5) is 0 Å². The van der Waals surface area contributed by atoms with Crippen molar-refractivity contribution < 1.29 is 19.0 Å². The van der Waals surface area contributed by atoms with Crippen molar-refractivity contribution in [3.05, 3.63) is 62.6 Å². The van der Waals surface area contributed by atoms with Gasteiger partial charge in [0.2, 0.25) is 0 Å². The van der Waals surface area contributed by atoms with Gasteiger partial charge in [-0.15, -0.1) is 0 Å². The Hall–Kier alpha value is -1.79. The van der Waals surface area contributed by atoms with Crippen LogP contribution in [-0.2, 0) is 4.84 Å². The van der Waals surface area contributed by atoms with Gasteiger partial charge in [-0.05, 0) is 56.7 Å². The molecule has 31 heavy (non-hydrogen) atoms. The van der Waals surface area contributed by atoms with Crippen LogP contribution >= 0.6 is 46.4 Å². The van der Waals surface area contributed by atoms with E-state index in [1.807, 2.05) is 45.0 Å². The highest BCUT2D eigenvalue weighted by molar-refractivity contribution is 6.55. The molecule has 0 saturated carbocycles. The molecule has 0 aliphatic heterocycles. The van der Waals surface area contributed by atoms with Gasteiger partial charge in [0.1, 0.15) is 41.4 Å². The SMILES string of the molecule is CC(C)(C)O/N=C/c1ccc(OCCOc2c(Cl)cc(OCC=C(Cl)Cl)cc2Cl)cc1. The predicted octanol–water partition coefficient (Wildman–Crippen LogP) is 7.30. The van der Waals surface area contributed by atoms with Crippen molar-refractivity contribution in [2.45, 2.75) is 26.4 Å². The number of benzene rings is 2. The molecule has 0 aliphatic rings. The highest BCUT2D eigenvalue weighted by Crippen LogP contribution is 2.37. The van der Waals surface area contributed by atoms with E-state index in [0.29, 0.717) is 33.9 Å². The van der Waals surface area contributed by atoms with Gasteiger partial charge in [-0.1, -0.05) is 51.6 Å². The molecule has 0 radical (unpaired) electrons. The first-order chi connectivity index (χ1) is 14.6. The minimum absolute atomic E-state index is 0.120. The number of oxime groups is 1. The van der Waals surface area contributed by atoms with Crippen LogP contribution in [0.15, 0.2) is 52.1 Å². The van der Waals surface area contributed by atoms with Crippen molar-refractivity contribution in [1.82, 2.24) is 0 Å². The number of ether oxygens (including phenoxy) is 3. The highest BCUT2D eigenvalue weighted by Gasteiger charge is 2.11. The summed E-state index contributed by atoms with van der Waals surface area (Å²) in [5.41, 5.74) is 0.576. The minimum atomic E-state index is -0.325. The van der Waals surface area contributed by atoms with E-state index in [1.54, 1.807) is 18.3 Å². The summed E-state index contributed by atoms with van der Waals surface area (Å²) in [4.78, 5) is 5.32. The van der Waals surface area contributed by atoms with Crippen molar-refractivity contribution in [1.29, 1.82) is 0 Å². The Labute approximate surface area is 202 Å². The Morgan fingerprint density at radius 1 is 0.903 bits per heavy atom. The maximum atomic E-state index is 6.24. The first-order valence-corrected chi connectivity index (χ1v) is 10.9. The summed E-state index contributed by atoms with van der Waals surface area (Å²) in [5, 5.41) is 4.61. The zero-order valence-corrected chi connectivity index (χ0v) is 20.4. The van der Waals surface area contributed by atoms with Crippen LogP contribution in [-0.4, -0.2) is 31.6 Å². The van der Waals surface area contributed by atoms with Gasteiger partial charge in [0.05, 0.1) is 16.3 Å². The lowest BCUT2D eigenvalue weighted by molar-refractivity contribution is 0.00199. The second-order valence-corrected chi connectivity index (χ2v) is 9.05. The molecule has 0 fully saturated rings. The van der Waals surface area contributed by atoms with Crippen LogP contribution in [0.25, 0.3) is 0 Å². The lowest BCUT2D eigenvalue weighted by atomic mass is 10.2. The average Bonchev–Trinajstić information content (AvgIpc) is 2.66. The van der Waals surface area contributed by atoms with Crippen molar-refractivity contribution >= 4 is 52.6 Å². The third-order valence-corrected chi connectivity index (χ3v) is 4.34. The van der Waals surface area contributed by atoms with Crippen LogP contribution in [0.1, 0.15) is 26.3 Å². The molecule has 0 saturated heterocycles. The Bertz CT molecular complexity index is 882. The molecule has 0 amide bonds. The summed E-state index contributed by atoms with van der Waals surface area (Å²) >= 11 is 23.6. The molecular formula is C22H23Cl4NO4. The van der Waals surface area contributed by atoms with E-state index in [4.69, 9.17) is 65.5 Å². The maximum Gasteiger partial charge on any atom is 0.156 e. The topological polar surface area (TPSA) is 49.3 Å². The molecule has 5 nitrogen and oxygen atoms in total. The molecule has 0 N–H and O–H groups in total. The predicted molar refractivity (Wildman–Crippen MR) is 128 cm³/mol. The maximum absolute atomic E-state index is 6.24. The summed E-state index contributed by atoms with van der Waals surface area (Å²) in [5.74, 6) is 1.53. The number of halogens is 4. The van der Waals surface area contributed by atoms with Crippen LogP contribution < -0.4 is 14.2 Å². The molecule has 0 bridgehead atoms. The molecule has 2 aromatic carbocycles. The summed E-state index contributed by atoms with van der Waals surface area (Å²) < 4.78 is 16.9. The van der Waals surface area contributed by atoms with E-state index in [1.165, 1.54) is 6.08 Å². The first-order valence-electron chi connectivity index (χ1n) is 9.34. The van der Waals surface area contributed by atoms with Gasteiger partial charge in [-0.3, -0.25) is 0 Å². The monoisotopic (exact) mass is 505 g/mol. The minimum Gasteiger partial charge on any atom is -0.490 e. The molecule has 0 aromatic heterocycles. The standard InChI is InChI=1S/C22H23Cl4NO4/c1-22(2,3)31-27-14-15-4-6-16(7-5-15)29-10-11-30-21-18(23)12-17(13-19(21)24)28-9-8-20(25)26/h4-8,12-14H,9-11H2,1-3H3/b27-14+. The van der Waals surface area contributed by atoms with Crippen molar-refractivity contribution in [2.24, 2.45) is 5.16 Å². The summed E-state index contributed by atoms with van der Waals surface area (Å²) in [6.07, 6.45) is 3.15. The summed E-state index contributed by atoms with van der Waals surface area (Å²) in [7, 11) is 0. The zero-order valence-electron chi connectivity index (χ0n) is 17.3. The Balaban J connectivity index is 1.81. The molecule has 0 unspecified atom stereocenters. The molecule has 0 atom stereocenters. The number of nitrogens with zero attached hydrogens (tertiary/aromatic N) is 1. The molecule has 2 rings (SSSR count). The molecule has 0 spiro atoms. The highest BCUT2D eigenvalue weighted by atomic mass is 35.5. The second kappa shape index (κ2) is 12.3. The fourth-order valence-electron chi connectivity index (χ4n) is 2.16. The van der Waals surface area contributed by atoms with E-state index in [9.17, 15) is 0 Å². The lowest BCUT2D eigenvalue weighted by Gasteiger charge is -2.14. The van der Waals surface area contributed by atoms with E-state index >= 15 is 0 Å². The van der Waals surface area contributed by atoms with Gasteiger partial charge in [0.25, 0.3) is 0 Å². The number of hydrogen-bond acceptors (Lipinski definition) is 5. The van der Waals surface area contributed by atoms with Crippen molar-refractivity contribution in [3.8, 4) is 17.2 Å². The van der Waals surface area contributed by atoms with Gasteiger partial charge in [-0.2, -0.15) is 0 Å². The summed E-state index contributed by atoms with van der Waals surface area (Å²) in [6, 6.07) is 10.6. The fourth-order valence-corrected chi connectivity index (χ4v) is 2.86. The quantitative estimate of drug-likeness (QED) is 0.193. The molecule has 9 heteroatoms. The lowest BCUT2D eigenvalue weighted by Crippen LogP contribution is -2.15. The first kappa shape index (κ1) is 25.5. The van der Waals surface area contributed by atoms with E-state index in [2.05, 4.69) is 5.16 Å². The van der Waals surface area contributed by atoms with Crippen LogP contribution in [0.5, 0.6) is 17.2 Å². The van der Waals surface area contributed by atoms with Crippen LogP contribution in [0, 0.1) is 0 Å². The van der Waals surface area contributed by atoms with E-state index in [0.717, 1.165) is 5.56 Å². The third kappa shape index (κ3) is 9.92. The fraction of sp³-hybridized carbons (Fsp3) is 0.318. The van der Waals surface area contributed by atoms with Gasteiger partial charge >= 0.3 is 0 Å². The molecule has 0 heterocycles. The Morgan fingerprint density at radius 2 is 1.52 bits per heavy atom. The Kier molecular flexibility index (Phi) is 10.1. The van der Waals surface area contributed by atoms with Gasteiger partial charge < -0.3 is 19.0 Å². The zero-order chi connectivity index (χ0) is 22.9. The number of hydrogen-bond donors (Lipinski definition) is 0. The van der Waals surface area contributed by atoms with Crippen molar-refractivity contribution in [3.63, 3.8) is 0 Å². The smallest absolute Gasteiger partial charge is 0.156 e. The van der Waals surface area contributed by atoms with Crippen LogP contribution in [0.3, 0.4) is 0 Å². The van der Waals surface area contributed by atoms with E-state index in [-0.39, 0.29) is 23.3 Å². The van der Waals surface area contributed by atoms with Crippen LogP contribution in [0.2, 0.25) is 10.0 Å². The summed E-state index contributed by atoms with van der Waals surface area (Å²) in [6.45, 7) is 6.56. The van der Waals surface area contributed by atoms with Gasteiger partial charge in [-0.25, -0.2) is 0 Å². The molecule has 168 valence electrons. The Morgan fingerprint density at radius 3 is 2.10 bits per heavy atom. The van der Waals surface area contributed by atoms with Gasteiger partial charge in [0, 0.05) is 12.1 Å². The molecular weight excluding hydrogens is 484 g/mol.